The van der Waals surface area contributed by atoms with Crippen molar-refractivity contribution in [1.82, 2.24) is 4.90 Å². The van der Waals surface area contributed by atoms with Gasteiger partial charge in [0, 0.05) is 0 Å². The van der Waals surface area contributed by atoms with Crippen molar-refractivity contribution in [3.05, 3.63) is 29.8 Å². The van der Waals surface area contributed by atoms with E-state index in [9.17, 15) is 5.11 Å². The van der Waals surface area contributed by atoms with Crippen LogP contribution in [-0.4, -0.2) is 30.6 Å². The summed E-state index contributed by atoms with van der Waals surface area (Å²) in [6.45, 7) is 0.703. The smallest absolute Gasteiger partial charge is 0.131 e. The molecular formula is C11H13NO. The Morgan fingerprint density at radius 3 is 2.62 bits per heavy atom. The van der Waals surface area contributed by atoms with Crippen LogP contribution in [0, 0.1) is 11.8 Å². The zero-order valence-corrected chi connectivity index (χ0v) is 7.91. The number of phenols is 1. The topological polar surface area (TPSA) is 23.5 Å². The van der Waals surface area contributed by atoms with E-state index in [0.29, 0.717) is 12.1 Å². The molecule has 0 saturated carbocycles. The summed E-state index contributed by atoms with van der Waals surface area (Å²) < 4.78 is 0. The fourth-order valence-electron chi connectivity index (χ4n) is 0.872. The van der Waals surface area contributed by atoms with Crippen LogP contribution in [0.3, 0.4) is 0 Å². The summed E-state index contributed by atoms with van der Waals surface area (Å²) in [7, 11) is 3.92. The van der Waals surface area contributed by atoms with Gasteiger partial charge >= 0.3 is 0 Å². The Morgan fingerprint density at radius 1 is 1.31 bits per heavy atom. The molecule has 1 aromatic carbocycles. The second-order valence-electron chi connectivity index (χ2n) is 3.06. The molecule has 0 aliphatic heterocycles. The molecule has 0 unspecified atom stereocenters. The maximum atomic E-state index is 9.36. The number of benzene rings is 1. The van der Waals surface area contributed by atoms with Gasteiger partial charge in [0.25, 0.3) is 0 Å². The summed E-state index contributed by atoms with van der Waals surface area (Å²) >= 11 is 0. The fraction of sp³-hybridized carbons (Fsp3) is 0.273. The third kappa shape index (κ3) is 3.18. The Morgan fingerprint density at radius 2 is 2.00 bits per heavy atom. The fourth-order valence-corrected chi connectivity index (χ4v) is 0.872. The predicted octanol–water partition coefficient (Wildman–Crippen LogP) is 1.31. The van der Waals surface area contributed by atoms with E-state index in [0.717, 1.165) is 0 Å². The molecule has 0 aromatic heterocycles. The van der Waals surface area contributed by atoms with Crippen molar-refractivity contribution in [3.8, 4) is 17.6 Å². The van der Waals surface area contributed by atoms with Crippen molar-refractivity contribution >= 4 is 0 Å². The lowest BCUT2D eigenvalue weighted by Gasteiger charge is -2.01. The van der Waals surface area contributed by atoms with E-state index in [1.165, 1.54) is 0 Å². The van der Waals surface area contributed by atoms with Gasteiger partial charge < -0.3 is 5.11 Å². The molecule has 0 bridgehead atoms. The Labute approximate surface area is 78.8 Å². The minimum atomic E-state index is 0.244. The van der Waals surface area contributed by atoms with Gasteiger partial charge in [-0.2, -0.15) is 0 Å². The predicted molar refractivity (Wildman–Crippen MR) is 53.5 cm³/mol. The van der Waals surface area contributed by atoms with E-state index >= 15 is 0 Å². The Kier molecular flexibility index (Phi) is 3.36. The molecule has 0 aliphatic carbocycles. The molecule has 1 rings (SSSR count). The lowest BCUT2D eigenvalue weighted by atomic mass is 10.2. The zero-order valence-electron chi connectivity index (χ0n) is 7.91. The first-order valence-corrected chi connectivity index (χ1v) is 4.12. The summed E-state index contributed by atoms with van der Waals surface area (Å²) in [4.78, 5) is 1.98. The molecule has 0 amide bonds. The first kappa shape index (κ1) is 9.63. The standard InChI is InChI=1S/C11H13NO/c1-12(2)9-5-7-10-6-3-4-8-11(10)13/h3-4,6,8,13H,9H2,1-2H3. The molecule has 13 heavy (non-hydrogen) atoms. The lowest BCUT2D eigenvalue weighted by Crippen LogP contribution is -2.10. The van der Waals surface area contributed by atoms with Gasteiger partial charge in [0.1, 0.15) is 5.75 Å². The number of aromatic hydroxyl groups is 1. The van der Waals surface area contributed by atoms with Crippen LogP contribution in [0.25, 0.3) is 0 Å². The summed E-state index contributed by atoms with van der Waals surface area (Å²) in [5.74, 6) is 6.10. The van der Waals surface area contributed by atoms with Crippen molar-refractivity contribution in [2.24, 2.45) is 0 Å². The molecule has 68 valence electrons. The van der Waals surface area contributed by atoms with E-state index in [-0.39, 0.29) is 5.75 Å². The molecule has 0 radical (unpaired) electrons. The van der Waals surface area contributed by atoms with Crippen molar-refractivity contribution in [3.63, 3.8) is 0 Å². The monoisotopic (exact) mass is 175 g/mol. The van der Waals surface area contributed by atoms with Crippen LogP contribution >= 0.6 is 0 Å². The molecule has 2 nitrogen and oxygen atoms in total. The third-order valence-electron chi connectivity index (χ3n) is 1.52. The molecule has 0 aliphatic rings. The Bertz CT molecular complexity index is 333. The van der Waals surface area contributed by atoms with Crippen molar-refractivity contribution in [2.45, 2.75) is 0 Å². The normalized spacial score (nSPS) is 9.46. The van der Waals surface area contributed by atoms with Crippen molar-refractivity contribution in [2.75, 3.05) is 20.6 Å². The SMILES string of the molecule is CN(C)CC#Cc1ccccc1O. The van der Waals surface area contributed by atoms with Crippen LogP contribution in [0.1, 0.15) is 5.56 Å². The summed E-state index contributed by atoms with van der Waals surface area (Å²) in [6, 6.07) is 7.09. The van der Waals surface area contributed by atoms with E-state index in [1.54, 1.807) is 18.2 Å². The molecule has 1 N–H and O–H groups in total. The van der Waals surface area contributed by atoms with E-state index in [4.69, 9.17) is 0 Å². The molecule has 0 spiro atoms. The highest BCUT2D eigenvalue weighted by atomic mass is 16.3. The maximum Gasteiger partial charge on any atom is 0.131 e. The zero-order chi connectivity index (χ0) is 9.68. The molecular weight excluding hydrogens is 162 g/mol. The van der Waals surface area contributed by atoms with Gasteiger partial charge in [0.15, 0.2) is 0 Å². The lowest BCUT2D eigenvalue weighted by molar-refractivity contribution is 0.463. The van der Waals surface area contributed by atoms with Crippen molar-refractivity contribution in [1.29, 1.82) is 0 Å². The third-order valence-corrected chi connectivity index (χ3v) is 1.52. The summed E-state index contributed by atoms with van der Waals surface area (Å²) in [5.41, 5.74) is 0.685. The van der Waals surface area contributed by atoms with Gasteiger partial charge in [-0.25, -0.2) is 0 Å². The summed E-state index contributed by atoms with van der Waals surface area (Å²) in [6.07, 6.45) is 0. The first-order valence-electron chi connectivity index (χ1n) is 4.12. The van der Waals surface area contributed by atoms with Gasteiger partial charge in [0.05, 0.1) is 12.1 Å². The number of rotatable bonds is 1. The molecule has 0 fully saturated rings. The van der Waals surface area contributed by atoms with Gasteiger partial charge in [-0.05, 0) is 26.2 Å². The minimum Gasteiger partial charge on any atom is -0.507 e. The number of para-hydroxylation sites is 1. The van der Waals surface area contributed by atoms with Crippen LogP contribution in [0.2, 0.25) is 0 Å². The van der Waals surface area contributed by atoms with Gasteiger partial charge in [-0.15, -0.1) is 0 Å². The summed E-state index contributed by atoms with van der Waals surface area (Å²) in [5, 5.41) is 9.36. The first-order chi connectivity index (χ1) is 6.20. The van der Waals surface area contributed by atoms with Crippen molar-refractivity contribution < 1.29 is 5.11 Å². The molecule has 0 heterocycles. The number of hydrogen-bond acceptors (Lipinski definition) is 2. The highest BCUT2D eigenvalue weighted by Crippen LogP contribution is 2.13. The van der Waals surface area contributed by atoms with E-state index < -0.39 is 0 Å². The maximum absolute atomic E-state index is 9.36. The Balaban J connectivity index is 2.72. The molecule has 1 aromatic rings. The highest BCUT2D eigenvalue weighted by Gasteiger charge is 1.92. The molecule has 0 atom stereocenters. The average molecular weight is 175 g/mol. The average Bonchev–Trinajstić information content (AvgIpc) is 2.08. The van der Waals surface area contributed by atoms with Crippen LogP contribution in [0.4, 0.5) is 0 Å². The quantitative estimate of drug-likeness (QED) is 0.650. The van der Waals surface area contributed by atoms with Crippen LogP contribution in [-0.2, 0) is 0 Å². The number of hydrogen-bond donors (Lipinski definition) is 1. The highest BCUT2D eigenvalue weighted by molar-refractivity contribution is 5.44. The van der Waals surface area contributed by atoms with Gasteiger partial charge in [-0.1, -0.05) is 24.0 Å². The second-order valence-corrected chi connectivity index (χ2v) is 3.06. The second kappa shape index (κ2) is 4.54. The van der Waals surface area contributed by atoms with Crippen LogP contribution in [0.15, 0.2) is 24.3 Å². The van der Waals surface area contributed by atoms with Crippen LogP contribution in [0.5, 0.6) is 5.75 Å². The van der Waals surface area contributed by atoms with E-state index in [2.05, 4.69) is 11.8 Å². The van der Waals surface area contributed by atoms with Gasteiger partial charge in [-0.3, -0.25) is 4.90 Å². The van der Waals surface area contributed by atoms with Gasteiger partial charge in [0.2, 0.25) is 0 Å². The van der Waals surface area contributed by atoms with Crippen LogP contribution < -0.4 is 0 Å². The molecule has 2 heteroatoms. The molecule has 0 saturated heterocycles. The number of nitrogens with zero attached hydrogens (tertiary/aromatic N) is 1. The minimum absolute atomic E-state index is 0.244. The van der Waals surface area contributed by atoms with E-state index in [1.807, 2.05) is 25.1 Å². The largest absolute Gasteiger partial charge is 0.507 e. The number of phenolic OH excluding ortho intramolecular Hbond substituents is 1. The Hall–Kier alpha value is -1.46.